The molecule has 0 radical (unpaired) electrons. The van der Waals surface area contributed by atoms with Crippen molar-refractivity contribution in [2.24, 2.45) is 17.3 Å². The Hall–Kier alpha value is -0.0400. The first-order valence-electron chi connectivity index (χ1n) is 8.20. The zero-order valence-electron chi connectivity index (χ0n) is 13.0. The molecule has 106 valence electrons. The number of rotatable bonds is 3. The molecule has 0 amide bonds. The second-order valence-electron chi connectivity index (χ2n) is 7.95. The van der Waals surface area contributed by atoms with E-state index in [0.29, 0.717) is 11.0 Å². The maximum atomic E-state index is 3.81. The molecule has 0 spiro atoms. The highest BCUT2D eigenvalue weighted by atomic mass is 15.0. The molecule has 1 aliphatic carbocycles. The van der Waals surface area contributed by atoms with E-state index in [1.54, 1.807) is 0 Å². The zero-order valence-corrected chi connectivity index (χ0v) is 13.0. The number of nitrogens with one attached hydrogen (secondary N) is 1. The Bertz CT molecular complexity index is 249. The zero-order chi connectivity index (χ0) is 13.2. The summed E-state index contributed by atoms with van der Waals surface area (Å²) in [5, 5.41) is 3.81. The molecule has 1 unspecified atom stereocenters. The summed E-state index contributed by atoms with van der Waals surface area (Å²) in [6, 6.07) is 0. The van der Waals surface area contributed by atoms with Gasteiger partial charge >= 0.3 is 0 Å². The van der Waals surface area contributed by atoms with Gasteiger partial charge in [0.25, 0.3) is 0 Å². The lowest BCUT2D eigenvalue weighted by atomic mass is 9.67. The molecular weight excluding hydrogens is 218 g/mol. The van der Waals surface area contributed by atoms with Crippen molar-refractivity contribution in [1.29, 1.82) is 0 Å². The van der Waals surface area contributed by atoms with E-state index in [0.717, 1.165) is 11.8 Å². The molecule has 1 N–H and O–H groups in total. The van der Waals surface area contributed by atoms with Gasteiger partial charge in [0.15, 0.2) is 0 Å². The van der Waals surface area contributed by atoms with Crippen molar-refractivity contribution in [2.75, 3.05) is 6.54 Å². The molecule has 0 aromatic heterocycles. The monoisotopic (exact) mass is 251 g/mol. The molecule has 0 aromatic carbocycles. The quantitative estimate of drug-likeness (QED) is 0.762. The lowest BCUT2D eigenvalue weighted by Crippen LogP contribution is -2.41. The molecule has 1 atom stereocenters. The lowest BCUT2D eigenvalue weighted by Gasteiger charge is -2.40. The van der Waals surface area contributed by atoms with Gasteiger partial charge in [0, 0.05) is 5.54 Å². The minimum absolute atomic E-state index is 0.513. The fourth-order valence-corrected chi connectivity index (χ4v) is 4.27. The first kappa shape index (κ1) is 14.4. The van der Waals surface area contributed by atoms with E-state index in [-0.39, 0.29) is 0 Å². The van der Waals surface area contributed by atoms with Crippen molar-refractivity contribution in [3.63, 3.8) is 0 Å². The topological polar surface area (TPSA) is 12.0 Å². The predicted octanol–water partition coefficient (Wildman–Crippen LogP) is 4.76. The largest absolute Gasteiger partial charge is 0.311 e. The van der Waals surface area contributed by atoms with Crippen LogP contribution in [-0.4, -0.2) is 12.1 Å². The highest BCUT2D eigenvalue weighted by Crippen LogP contribution is 2.43. The summed E-state index contributed by atoms with van der Waals surface area (Å²) >= 11 is 0. The van der Waals surface area contributed by atoms with Crippen LogP contribution in [0.4, 0.5) is 0 Å². The van der Waals surface area contributed by atoms with E-state index in [9.17, 15) is 0 Å². The Morgan fingerprint density at radius 1 is 1.11 bits per heavy atom. The van der Waals surface area contributed by atoms with Crippen LogP contribution in [0.3, 0.4) is 0 Å². The molecule has 1 heteroatoms. The van der Waals surface area contributed by atoms with Crippen LogP contribution in [0.25, 0.3) is 0 Å². The summed E-state index contributed by atoms with van der Waals surface area (Å²) < 4.78 is 0. The highest BCUT2D eigenvalue weighted by molar-refractivity contribution is 4.94. The van der Waals surface area contributed by atoms with Crippen molar-refractivity contribution in [3.05, 3.63) is 0 Å². The Morgan fingerprint density at radius 2 is 1.78 bits per heavy atom. The minimum Gasteiger partial charge on any atom is -0.311 e. The molecule has 2 rings (SSSR count). The van der Waals surface area contributed by atoms with Crippen LogP contribution in [-0.2, 0) is 0 Å². The normalized spacial score (nSPS) is 38.0. The fraction of sp³-hybridized carbons (Fsp3) is 1.00. The van der Waals surface area contributed by atoms with Gasteiger partial charge in [-0.15, -0.1) is 0 Å². The Labute approximate surface area is 114 Å². The SMILES string of the molecule is CCC1(CC2CCC(C(C)(C)C)CC2)CCCN1. The van der Waals surface area contributed by atoms with Crippen LogP contribution >= 0.6 is 0 Å². The Kier molecular flexibility index (Phi) is 4.41. The van der Waals surface area contributed by atoms with Crippen molar-refractivity contribution in [3.8, 4) is 0 Å². The van der Waals surface area contributed by atoms with Crippen LogP contribution < -0.4 is 5.32 Å². The van der Waals surface area contributed by atoms with E-state index >= 15 is 0 Å². The van der Waals surface area contributed by atoms with Crippen molar-refractivity contribution in [2.45, 2.75) is 84.6 Å². The summed E-state index contributed by atoms with van der Waals surface area (Å²) in [7, 11) is 0. The maximum absolute atomic E-state index is 3.81. The highest BCUT2D eigenvalue weighted by Gasteiger charge is 2.36. The Morgan fingerprint density at radius 3 is 2.22 bits per heavy atom. The van der Waals surface area contributed by atoms with Gasteiger partial charge in [0.05, 0.1) is 0 Å². The standard InChI is InChI=1S/C17H33N/c1-5-17(11-6-12-18-17)13-14-7-9-15(10-8-14)16(2,3)4/h14-15,18H,5-13H2,1-4H3. The second kappa shape index (κ2) is 5.53. The summed E-state index contributed by atoms with van der Waals surface area (Å²) in [5.74, 6) is 1.96. The van der Waals surface area contributed by atoms with Crippen LogP contribution in [0.15, 0.2) is 0 Å². The van der Waals surface area contributed by atoms with Crippen LogP contribution in [0.5, 0.6) is 0 Å². The summed E-state index contributed by atoms with van der Waals surface area (Å²) in [5.41, 5.74) is 1.04. The van der Waals surface area contributed by atoms with E-state index in [1.807, 2.05) is 0 Å². The van der Waals surface area contributed by atoms with Gasteiger partial charge < -0.3 is 5.32 Å². The third-order valence-corrected chi connectivity index (χ3v) is 5.76. The molecule has 0 aromatic rings. The molecule has 1 saturated carbocycles. The summed E-state index contributed by atoms with van der Waals surface area (Å²) in [6.45, 7) is 10.9. The van der Waals surface area contributed by atoms with E-state index in [1.165, 1.54) is 57.9 Å². The van der Waals surface area contributed by atoms with Crippen molar-refractivity contribution >= 4 is 0 Å². The predicted molar refractivity (Wildman–Crippen MR) is 79.8 cm³/mol. The van der Waals surface area contributed by atoms with E-state index < -0.39 is 0 Å². The number of hydrogen-bond acceptors (Lipinski definition) is 1. The molecule has 2 aliphatic rings. The maximum Gasteiger partial charge on any atom is 0.0182 e. The van der Waals surface area contributed by atoms with Crippen molar-refractivity contribution < 1.29 is 0 Å². The third kappa shape index (κ3) is 3.29. The molecule has 18 heavy (non-hydrogen) atoms. The van der Waals surface area contributed by atoms with Gasteiger partial charge in [-0.1, -0.05) is 40.5 Å². The molecule has 2 fully saturated rings. The van der Waals surface area contributed by atoms with Gasteiger partial charge in [-0.2, -0.15) is 0 Å². The fourth-order valence-electron chi connectivity index (χ4n) is 4.27. The molecular formula is C17H33N. The molecule has 1 saturated heterocycles. The first-order chi connectivity index (χ1) is 8.45. The molecule has 1 aliphatic heterocycles. The Balaban J connectivity index is 1.83. The average molecular weight is 251 g/mol. The van der Waals surface area contributed by atoms with Crippen molar-refractivity contribution in [1.82, 2.24) is 5.32 Å². The smallest absolute Gasteiger partial charge is 0.0182 e. The van der Waals surface area contributed by atoms with Gasteiger partial charge in [-0.25, -0.2) is 0 Å². The third-order valence-electron chi connectivity index (χ3n) is 5.76. The van der Waals surface area contributed by atoms with Gasteiger partial charge in [-0.3, -0.25) is 0 Å². The molecule has 1 heterocycles. The van der Waals surface area contributed by atoms with Gasteiger partial charge in [0.2, 0.25) is 0 Å². The number of hydrogen-bond donors (Lipinski definition) is 1. The lowest BCUT2D eigenvalue weighted by molar-refractivity contribution is 0.129. The second-order valence-corrected chi connectivity index (χ2v) is 7.95. The van der Waals surface area contributed by atoms with Crippen LogP contribution in [0.2, 0.25) is 0 Å². The van der Waals surface area contributed by atoms with E-state index in [2.05, 4.69) is 33.0 Å². The molecule has 1 nitrogen and oxygen atoms in total. The van der Waals surface area contributed by atoms with Crippen LogP contribution in [0, 0.1) is 17.3 Å². The average Bonchev–Trinajstić information content (AvgIpc) is 2.78. The van der Waals surface area contributed by atoms with Gasteiger partial charge in [-0.05, 0) is 62.3 Å². The molecule has 0 bridgehead atoms. The minimum atomic E-state index is 0.513. The van der Waals surface area contributed by atoms with Gasteiger partial charge in [0.1, 0.15) is 0 Å². The summed E-state index contributed by atoms with van der Waals surface area (Å²) in [6.07, 6.45) is 11.5. The van der Waals surface area contributed by atoms with E-state index in [4.69, 9.17) is 0 Å². The summed E-state index contributed by atoms with van der Waals surface area (Å²) in [4.78, 5) is 0. The first-order valence-corrected chi connectivity index (χ1v) is 8.20. The van der Waals surface area contributed by atoms with Crippen LogP contribution in [0.1, 0.15) is 79.1 Å².